The standard InChI is InChI=1S/C4H6O6.Cu.3H2O/c5-1(3(7)8)2(6)4(9)10;;;;/h1-2,5-6H,(H,7,8)(H,9,10);;3*1H2/q;+2;;;/p-2/t1-,2-;;;;/m1..../s1. The molecular weight excluding hydrogens is 256 g/mol. The zero-order chi connectivity index (χ0) is 8.31. The molecule has 0 aromatic rings. The molecule has 0 aliphatic carbocycles. The molecule has 0 aliphatic rings. The Bertz CT molecular complexity index is 141. The van der Waals surface area contributed by atoms with Gasteiger partial charge in [0.2, 0.25) is 0 Å². The zero-order valence-corrected chi connectivity index (χ0v) is 7.43. The molecule has 0 saturated heterocycles. The molecule has 0 rings (SSSR count). The molecule has 0 aromatic carbocycles. The van der Waals surface area contributed by atoms with Crippen molar-refractivity contribution >= 4 is 11.9 Å². The summed E-state index contributed by atoms with van der Waals surface area (Å²) in [5.41, 5.74) is 0. The van der Waals surface area contributed by atoms with Crippen molar-refractivity contribution in [3.8, 4) is 0 Å². The van der Waals surface area contributed by atoms with E-state index in [1.807, 2.05) is 0 Å². The first-order chi connectivity index (χ1) is 4.46. The Morgan fingerprint density at radius 1 is 0.857 bits per heavy atom. The molecule has 14 heavy (non-hydrogen) atoms. The maximum absolute atomic E-state index is 9.63. The summed E-state index contributed by atoms with van der Waals surface area (Å²) >= 11 is 0. The summed E-state index contributed by atoms with van der Waals surface area (Å²) in [5.74, 6) is -4.12. The van der Waals surface area contributed by atoms with Crippen LogP contribution >= 0.6 is 0 Å². The second kappa shape index (κ2) is 12.3. The van der Waals surface area contributed by atoms with Crippen LogP contribution in [-0.2, 0) is 26.7 Å². The van der Waals surface area contributed by atoms with Gasteiger partial charge in [-0.25, -0.2) is 0 Å². The maximum Gasteiger partial charge on any atom is 2.00 e. The molecule has 0 bridgehead atoms. The minimum absolute atomic E-state index is 0. The van der Waals surface area contributed by atoms with Gasteiger partial charge in [0.15, 0.2) is 0 Å². The smallest absolute Gasteiger partial charge is 0.547 e. The minimum atomic E-state index is -2.44. The van der Waals surface area contributed by atoms with Crippen LogP contribution in [0.3, 0.4) is 0 Å². The Balaban J connectivity index is -0.0000000675. The maximum atomic E-state index is 9.63. The molecule has 91 valence electrons. The summed E-state index contributed by atoms with van der Waals surface area (Å²) in [7, 11) is 0. The van der Waals surface area contributed by atoms with Gasteiger partial charge in [-0.1, -0.05) is 0 Å². The number of rotatable bonds is 3. The molecule has 8 N–H and O–H groups in total. The number of aliphatic hydroxyl groups is 2. The number of carboxylic acids is 2. The van der Waals surface area contributed by atoms with Gasteiger partial charge in [0.05, 0.1) is 11.9 Å². The van der Waals surface area contributed by atoms with Gasteiger partial charge in [0.1, 0.15) is 12.2 Å². The molecule has 10 heteroatoms. The molecule has 0 heterocycles. The first-order valence-electron chi connectivity index (χ1n) is 2.24. The van der Waals surface area contributed by atoms with E-state index in [9.17, 15) is 19.8 Å². The fourth-order valence-corrected chi connectivity index (χ4v) is 0.258. The Morgan fingerprint density at radius 3 is 1.07 bits per heavy atom. The fourth-order valence-electron chi connectivity index (χ4n) is 0.258. The number of carbonyl (C=O) groups is 2. The normalized spacial score (nSPS) is 11.3. The molecule has 1 radical (unpaired) electrons. The van der Waals surface area contributed by atoms with E-state index in [4.69, 9.17) is 10.2 Å². The first-order valence-corrected chi connectivity index (χ1v) is 2.24. The van der Waals surface area contributed by atoms with Crippen LogP contribution in [0.2, 0.25) is 0 Å². The Labute approximate surface area is 88.4 Å². The van der Waals surface area contributed by atoms with E-state index in [1.54, 1.807) is 0 Å². The van der Waals surface area contributed by atoms with Gasteiger partial charge < -0.3 is 46.4 Å². The van der Waals surface area contributed by atoms with Crippen LogP contribution < -0.4 is 10.2 Å². The number of aliphatic carboxylic acids is 2. The van der Waals surface area contributed by atoms with Crippen LogP contribution in [-0.4, -0.2) is 50.8 Å². The van der Waals surface area contributed by atoms with E-state index >= 15 is 0 Å². The quantitative estimate of drug-likeness (QED) is 0.472. The van der Waals surface area contributed by atoms with Gasteiger partial charge in [-0.15, -0.1) is 0 Å². The van der Waals surface area contributed by atoms with E-state index in [1.165, 1.54) is 0 Å². The average Bonchev–Trinajstić information content (AvgIpc) is 1.84. The van der Waals surface area contributed by atoms with Crippen molar-refractivity contribution < 1.29 is 63.5 Å². The molecule has 0 aromatic heterocycles. The third-order valence-electron chi connectivity index (χ3n) is 0.782. The van der Waals surface area contributed by atoms with Crippen LogP contribution in [0.4, 0.5) is 0 Å². The number of carbonyl (C=O) groups excluding carboxylic acids is 2. The Morgan fingerprint density at radius 2 is 1.00 bits per heavy atom. The molecule has 0 saturated carbocycles. The van der Waals surface area contributed by atoms with E-state index in [0.29, 0.717) is 0 Å². The molecule has 0 fully saturated rings. The van der Waals surface area contributed by atoms with Crippen molar-refractivity contribution in [3.63, 3.8) is 0 Å². The molecular formula is C4H10CuO9. The molecule has 9 nitrogen and oxygen atoms in total. The Kier molecular flexibility index (Phi) is 25.6. The van der Waals surface area contributed by atoms with Gasteiger partial charge in [-0.3, -0.25) is 0 Å². The SMILES string of the molecule is O.O.O.O=C([O-])[C@H](O)[C@@H](O)C(=O)[O-].[Cu+2]. The monoisotopic (exact) mass is 265 g/mol. The van der Waals surface area contributed by atoms with Gasteiger partial charge in [-0.05, 0) is 0 Å². The number of aliphatic hydroxyl groups excluding tert-OH is 2. The third-order valence-corrected chi connectivity index (χ3v) is 0.782. The Hall–Kier alpha value is -0.741. The molecule has 0 aliphatic heterocycles. The predicted octanol–water partition coefficient (Wildman–Crippen LogP) is -7.27. The van der Waals surface area contributed by atoms with Crippen LogP contribution in [0.25, 0.3) is 0 Å². The number of carboxylic acid groups (broad SMARTS) is 2. The van der Waals surface area contributed by atoms with Gasteiger partial charge in [0.25, 0.3) is 0 Å². The van der Waals surface area contributed by atoms with Crippen LogP contribution in [0.15, 0.2) is 0 Å². The van der Waals surface area contributed by atoms with Crippen LogP contribution in [0.1, 0.15) is 0 Å². The molecule has 0 spiro atoms. The zero-order valence-electron chi connectivity index (χ0n) is 6.48. The summed E-state index contributed by atoms with van der Waals surface area (Å²) in [6, 6.07) is 0. The van der Waals surface area contributed by atoms with E-state index < -0.39 is 24.1 Å². The molecule has 2 atom stereocenters. The van der Waals surface area contributed by atoms with Gasteiger partial charge in [0, 0.05) is 0 Å². The molecule has 0 amide bonds. The predicted molar refractivity (Wildman–Crippen MR) is 32.9 cm³/mol. The van der Waals surface area contributed by atoms with Crippen molar-refractivity contribution in [2.75, 3.05) is 0 Å². The fraction of sp³-hybridized carbons (Fsp3) is 0.500. The van der Waals surface area contributed by atoms with Crippen LogP contribution in [0.5, 0.6) is 0 Å². The van der Waals surface area contributed by atoms with E-state index in [-0.39, 0.29) is 33.5 Å². The summed E-state index contributed by atoms with van der Waals surface area (Å²) in [6.45, 7) is 0. The van der Waals surface area contributed by atoms with Crippen molar-refractivity contribution in [2.45, 2.75) is 12.2 Å². The number of hydrogen-bond donors (Lipinski definition) is 2. The van der Waals surface area contributed by atoms with Crippen molar-refractivity contribution in [3.05, 3.63) is 0 Å². The first kappa shape index (κ1) is 29.2. The van der Waals surface area contributed by atoms with Gasteiger partial charge in [-0.2, -0.15) is 0 Å². The topological polar surface area (TPSA) is 215 Å². The van der Waals surface area contributed by atoms with Gasteiger partial charge >= 0.3 is 17.1 Å². The van der Waals surface area contributed by atoms with Crippen molar-refractivity contribution in [1.82, 2.24) is 0 Å². The largest absolute Gasteiger partial charge is 2.00 e. The minimum Gasteiger partial charge on any atom is -0.547 e. The van der Waals surface area contributed by atoms with E-state index in [2.05, 4.69) is 0 Å². The summed E-state index contributed by atoms with van der Waals surface area (Å²) < 4.78 is 0. The van der Waals surface area contributed by atoms with Crippen molar-refractivity contribution in [1.29, 1.82) is 0 Å². The summed E-state index contributed by atoms with van der Waals surface area (Å²) in [4.78, 5) is 19.3. The van der Waals surface area contributed by atoms with Crippen LogP contribution in [0, 0.1) is 0 Å². The third kappa shape index (κ3) is 9.35. The molecule has 0 unspecified atom stereocenters. The van der Waals surface area contributed by atoms with E-state index in [0.717, 1.165) is 0 Å². The number of hydrogen-bond acceptors (Lipinski definition) is 6. The van der Waals surface area contributed by atoms with Crippen molar-refractivity contribution in [2.24, 2.45) is 0 Å². The second-order valence-electron chi connectivity index (χ2n) is 1.53. The average molecular weight is 266 g/mol. The second-order valence-corrected chi connectivity index (χ2v) is 1.53. The summed E-state index contributed by atoms with van der Waals surface area (Å²) in [6.07, 6.45) is -4.88. The summed E-state index contributed by atoms with van der Waals surface area (Å²) in [5, 5.41) is 35.7.